The number of aromatic amines is 1. The largest absolute Gasteiger partial charge is 0.329 e. The van der Waals surface area contributed by atoms with Crippen LogP contribution in [0.25, 0.3) is 5.78 Å². The summed E-state index contributed by atoms with van der Waals surface area (Å²) in [6.45, 7) is 0.627. The molecule has 1 N–H and O–H groups in total. The van der Waals surface area contributed by atoms with Crippen molar-refractivity contribution in [1.82, 2.24) is 29.2 Å². The first-order valence-corrected chi connectivity index (χ1v) is 7.87. The molecule has 122 valence electrons. The topological polar surface area (TPSA) is 96.2 Å². The molecule has 3 aromatic rings. The van der Waals surface area contributed by atoms with Gasteiger partial charge in [-0.3, -0.25) is 19.0 Å². The number of carbonyl (C=O) groups is 1. The van der Waals surface area contributed by atoms with Crippen molar-refractivity contribution in [2.24, 2.45) is 0 Å². The fourth-order valence-corrected chi connectivity index (χ4v) is 3.18. The van der Waals surface area contributed by atoms with Gasteiger partial charge in [0.15, 0.2) is 0 Å². The fraction of sp³-hybridized carbons (Fsp3) is 0.312. The van der Waals surface area contributed by atoms with Crippen molar-refractivity contribution in [2.45, 2.75) is 25.3 Å². The van der Waals surface area contributed by atoms with Gasteiger partial charge in [0.25, 0.3) is 11.5 Å². The van der Waals surface area contributed by atoms with Crippen LogP contribution in [0.3, 0.4) is 0 Å². The molecule has 24 heavy (non-hydrogen) atoms. The lowest BCUT2D eigenvalue weighted by Gasteiger charge is -2.35. The highest BCUT2D eigenvalue weighted by Gasteiger charge is 2.30. The Kier molecular flexibility index (Phi) is 3.56. The summed E-state index contributed by atoms with van der Waals surface area (Å²) in [5.41, 5.74) is 0.859. The van der Waals surface area contributed by atoms with E-state index in [1.807, 2.05) is 0 Å². The summed E-state index contributed by atoms with van der Waals surface area (Å²) in [6, 6.07) is 1.35. The number of likely N-dealkylation sites (tertiary alicyclic amines) is 1. The van der Waals surface area contributed by atoms with Gasteiger partial charge in [-0.1, -0.05) is 0 Å². The molecule has 1 atom stereocenters. The Hall–Kier alpha value is -3.03. The maximum Gasteiger partial charge on any atom is 0.274 e. The van der Waals surface area contributed by atoms with Crippen LogP contribution in [0.4, 0.5) is 0 Å². The zero-order chi connectivity index (χ0) is 16.5. The SMILES string of the molecule is O=C(c1cnccn1)N1CCCC[C@@H]1c1cc(=O)n2ccnc2[nH]1. The van der Waals surface area contributed by atoms with E-state index >= 15 is 0 Å². The summed E-state index contributed by atoms with van der Waals surface area (Å²) >= 11 is 0. The zero-order valence-corrected chi connectivity index (χ0v) is 12.9. The van der Waals surface area contributed by atoms with E-state index in [0.717, 1.165) is 19.3 Å². The summed E-state index contributed by atoms with van der Waals surface area (Å²) in [6.07, 6.45) is 10.4. The Balaban J connectivity index is 1.73. The van der Waals surface area contributed by atoms with Crippen LogP contribution in [-0.2, 0) is 0 Å². The maximum absolute atomic E-state index is 12.8. The van der Waals surface area contributed by atoms with Crippen LogP contribution in [0.2, 0.25) is 0 Å². The molecule has 0 spiro atoms. The van der Waals surface area contributed by atoms with Crippen molar-refractivity contribution in [3.63, 3.8) is 0 Å². The number of hydrogen-bond acceptors (Lipinski definition) is 5. The van der Waals surface area contributed by atoms with Crippen LogP contribution >= 0.6 is 0 Å². The highest BCUT2D eigenvalue weighted by atomic mass is 16.2. The lowest BCUT2D eigenvalue weighted by Crippen LogP contribution is -2.39. The molecule has 3 aromatic heterocycles. The normalized spacial score (nSPS) is 18.0. The fourth-order valence-electron chi connectivity index (χ4n) is 3.18. The second-order valence-corrected chi connectivity index (χ2v) is 5.78. The first kappa shape index (κ1) is 14.6. The highest BCUT2D eigenvalue weighted by Crippen LogP contribution is 2.30. The number of rotatable bonds is 2. The van der Waals surface area contributed by atoms with Crippen LogP contribution in [0, 0.1) is 0 Å². The molecule has 0 unspecified atom stereocenters. The lowest BCUT2D eigenvalue weighted by atomic mass is 9.98. The van der Waals surface area contributed by atoms with E-state index in [4.69, 9.17) is 0 Å². The number of hydrogen-bond donors (Lipinski definition) is 1. The number of H-pyrrole nitrogens is 1. The predicted octanol–water partition coefficient (Wildman–Crippen LogP) is 1.18. The third-order valence-corrected chi connectivity index (χ3v) is 4.32. The molecule has 1 amide bonds. The van der Waals surface area contributed by atoms with Crippen molar-refractivity contribution >= 4 is 11.7 Å². The van der Waals surface area contributed by atoms with Crippen LogP contribution in [0.15, 0.2) is 41.8 Å². The number of nitrogens with zero attached hydrogens (tertiary/aromatic N) is 5. The van der Waals surface area contributed by atoms with Crippen molar-refractivity contribution < 1.29 is 4.79 Å². The van der Waals surface area contributed by atoms with Gasteiger partial charge in [-0.05, 0) is 19.3 Å². The molecule has 8 heteroatoms. The Morgan fingerprint density at radius 3 is 2.96 bits per heavy atom. The van der Waals surface area contributed by atoms with Crippen molar-refractivity contribution in [3.05, 3.63) is 58.8 Å². The number of piperidine rings is 1. The average molecular weight is 324 g/mol. The summed E-state index contributed by atoms with van der Waals surface area (Å²) in [5.74, 6) is 0.312. The number of carbonyl (C=O) groups excluding carboxylic acids is 1. The van der Waals surface area contributed by atoms with Gasteiger partial charge in [0.05, 0.1) is 12.2 Å². The molecule has 0 aromatic carbocycles. The number of imidazole rings is 1. The minimum Gasteiger partial charge on any atom is -0.329 e. The lowest BCUT2D eigenvalue weighted by molar-refractivity contribution is 0.0599. The van der Waals surface area contributed by atoms with E-state index in [1.54, 1.807) is 23.4 Å². The Labute approximate surface area is 137 Å². The molecule has 4 rings (SSSR count). The third kappa shape index (κ3) is 2.45. The first-order chi connectivity index (χ1) is 11.7. The monoisotopic (exact) mass is 324 g/mol. The smallest absolute Gasteiger partial charge is 0.274 e. The van der Waals surface area contributed by atoms with Crippen LogP contribution in [-0.4, -0.2) is 41.7 Å². The number of fused-ring (bicyclic) bond motifs is 1. The Morgan fingerprint density at radius 2 is 2.12 bits per heavy atom. The molecular formula is C16H16N6O2. The third-order valence-electron chi connectivity index (χ3n) is 4.32. The molecule has 8 nitrogen and oxygen atoms in total. The predicted molar refractivity (Wildman–Crippen MR) is 85.5 cm³/mol. The molecule has 1 aliphatic heterocycles. The summed E-state index contributed by atoms with van der Waals surface area (Å²) in [7, 11) is 0. The van der Waals surface area contributed by atoms with Gasteiger partial charge in [0.1, 0.15) is 5.69 Å². The minimum absolute atomic E-state index is 0.159. The highest BCUT2D eigenvalue weighted by molar-refractivity contribution is 5.92. The van der Waals surface area contributed by atoms with E-state index < -0.39 is 0 Å². The molecule has 1 aliphatic rings. The summed E-state index contributed by atoms with van der Waals surface area (Å²) < 4.78 is 1.45. The maximum atomic E-state index is 12.8. The molecule has 1 saturated heterocycles. The zero-order valence-electron chi connectivity index (χ0n) is 12.9. The Bertz CT molecular complexity index is 932. The Morgan fingerprint density at radius 1 is 1.21 bits per heavy atom. The summed E-state index contributed by atoms with van der Waals surface area (Å²) in [4.78, 5) is 42.2. The molecular weight excluding hydrogens is 308 g/mol. The van der Waals surface area contributed by atoms with Gasteiger partial charge < -0.3 is 9.88 Å². The quantitative estimate of drug-likeness (QED) is 0.763. The molecule has 0 saturated carbocycles. The second kappa shape index (κ2) is 5.88. The molecule has 1 fully saturated rings. The van der Waals surface area contributed by atoms with Gasteiger partial charge in [-0.2, -0.15) is 0 Å². The number of amides is 1. The van der Waals surface area contributed by atoms with E-state index in [2.05, 4.69) is 19.9 Å². The van der Waals surface area contributed by atoms with Crippen LogP contribution in [0.5, 0.6) is 0 Å². The second-order valence-electron chi connectivity index (χ2n) is 5.78. The standard InChI is InChI=1S/C16H16N6O2/c23-14-9-11(20-16-19-6-8-22(14)16)13-3-1-2-7-21(13)15(24)12-10-17-4-5-18-12/h4-6,8-10,13H,1-3,7H2,(H,19,20)/t13-/m1/s1. The van der Waals surface area contributed by atoms with Crippen LogP contribution < -0.4 is 5.56 Å². The van der Waals surface area contributed by atoms with Gasteiger partial charge in [-0.25, -0.2) is 9.97 Å². The average Bonchev–Trinajstić information content (AvgIpc) is 3.11. The van der Waals surface area contributed by atoms with E-state index in [0.29, 0.717) is 23.7 Å². The minimum atomic E-state index is -0.192. The van der Waals surface area contributed by atoms with Crippen molar-refractivity contribution in [2.75, 3.05) is 6.54 Å². The van der Waals surface area contributed by atoms with Crippen LogP contribution in [0.1, 0.15) is 41.5 Å². The molecule has 0 bridgehead atoms. The molecule has 4 heterocycles. The van der Waals surface area contributed by atoms with Gasteiger partial charge >= 0.3 is 0 Å². The van der Waals surface area contributed by atoms with E-state index in [9.17, 15) is 9.59 Å². The van der Waals surface area contributed by atoms with Crippen molar-refractivity contribution in [3.8, 4) is 0 Å². The number of aromatic nitrogens is 5. The first-order valence-electron chi connectivity index (χ1n) is 7.87. The van der Waals surface area contributed by atoms with Crippen molar-refractivity contribution in [1.29, 1.82) is 0 Å². The van der Waals surface area contributed by atoms with Gasteiger partial charge in [0, 0.05) is 43.1 Å². The molecule has 0 aliphatic carbocycles. The number of nitrogens with one attached hydrogen (secondary N) is 1. The van der Waals surface area contributed by atoms with Gasteiger partial charge in [-0.15, -0.1) is 0 Å². The van der Waals surface area contributed by atoms with E-state index in [-0.39, 0.29) is 17.5 Å². The van der Waals surface area contributed by atoms with E-state index in [1.165, 1.54) is 23.0 Å². The molecule has 0 radical (unpaired) electrons. The van der Waals surface area contributed by atoms with Gasteiger partial charge in [0.2, 0.25) is 5.78 Å². The summed E-state index contributed by atoms with van der Waals surface area (Å²) in [5, 5.41) is 0.